The number of aromatic hydroxyl groups is 3. The quantitative estimate of drug-likeness (QED) is 0.147. The molecule has 2 saturated heterocycles. The van der Waals surface area contributed by atoms with Crippen molar-refractivity contribution in [2.45, 2.75) is 67.5 Å². The fourth-order valence-corrected chi connectivity index (χ4v) is 4.94. The second-order valence-corrected chi connectivity index (χ2v) is 10.2. The highest BCUT2D eigenvalue weighted by atomic mass is 16.7. The molecule has 0 aromatic heterocycles. The standard InChI is InChI=1S/C27H32O15/c28-8-17-19(32)21(34)23(36)26(41-17)38-12-5-14(31)13-7-16(40-27-24(37)22(35)20(33)18(9-29)42-27)25(39-15(13)6-12)10-1-3-11(30)4-2-10/h1-7,17-37H,8-9H2/p+1. The highest BCUT2D eigenvalue weighted by molar-refractivity contribution is 5.69. The van der Waals surface area contributed by atoms with Crippen LogP contribution in [0, 0.1) is 0 Å². The van der Waals surface area contributed by atoms with Gasteiger partial charge in [0.05, 0.1) is 24.8 Å². The van der Waals surface area contributed by atoms with Crippen LogP contribution in [-0.4, -0.2) is 130 Å². The van der Waals surface area contributed by atoms with Gasteiger partial charge in [0.15, 0.2) is 5.76 Å². The predicted molar refractivity (Wildman–Crippen MR) is 138 cm³/mol. The molecule has 230 valence electrons. The molecule has 15 nitrogen and oxygen atoms in total. The van der Waals surface area contributed by atoms with Crippen molar-refractivity contribution in [3.05, 3.63) is 53.3 Å². The molecular formula is C27H33O15+. The Kier molecular flexibility index (Phi) is 8.77. The van der Waals surface area contributed by atoms with Gasteiger partial charge in [-0.2, -0.15) is 0 Å². The number of phenolic OH excluding ortho intramolecular Hbond substituents is 2. The van der Waals surface area contributed by atoms with Crippen molar-refractivity contribution in [3.63, 3.8) is 0 Å². The second-order valence-electron chi connectivity index (χ2n) is 10.2. The van der Waals surface area contributed by atoms with Crippen molar-refractivity contribution in [1.29, 1.82) is 0 Å². The Balaban J connectivity index is 1.46. The summed E-state index contributed by atoms with van der Waals surface area (Å²) >= 11 is 0. The molecule has 2 fully saturated rings. The third-order valence-corrected chi connectivity index (χ3v) is 7.34. The molecule has 3 aliphatic rings. The smallest absolute Gasteiger partial charge is 0.270 e. The number of fused-ring (bicyclic) bond motifs is 1. The maximum absolute atomic E-state index is 10.9. The van der Waals surface area contributed by atoms with Gasteiger partial charge in [-0.3, -0.25) is 0 Å². The molecule has 2 aromatic carbocycles. The van der Waals surface area contributed by atoms with E-state index in [1.165, 1.54) is 30.3 Å². The largest absolute Gasteiger partial charge is 0.571 e. The van der Waals surface area contributed by atoms with Crippen LogP contribution in [0.4, 0.5) is 0 Å². The monoisotopic (exact) mass is 597 g/mol. The zero-order valence-electron chi connectivity index (χ0n) is 21.9. The SMILES string of the molecule is OCC1OC(OC2=Cc3c(O)cc(OC4OC(CO)C(O)C(O)C4O)cc3[OH+]C2c2ccc(O)cc2)C(O)C(O)C1O. The van der Waals surface area contributed by atoms with Crippen LogP contribution in [-0.2, 0) is 14.2 Å². The Morgan fingerprint density at radius 1 is 0.690 bits per heavy atom. The van der Waals surface area contributed by atoms with Crippen molar-refractivity contribution in [2.24, 2.45) is 0 Å². The van der Waals surface area contributed by atoms with Gasteiger partial charge in [0, 0.05) is 12.1 Å². The second kappa shape index (κ2) is 12.2. The Bertz CT molecular complexity index is 1260. The number of ether oxygens (including phenoxy) is 5. The van der Waals surface area contributed by atoms with Crippen LogP contribution in [0.2, 0.25) is 0 Å². The van der Waals surface area contributed by atoms with Gasteiger partial charge < -0.3 is 74.7 Å². The summed E-state index contributed by atoms with van der Waals surface area (Å²) in [4.78, 5) is 0. The van der Waals surface area contributed by atoms with E-state index in [9.17, 15) is 51.1 Å². The summed E-state index contributed by atoms with van der Waals surface area (Å²) in [5, 5.41) is 101. The molecule has 42 heavy (non-hydrogen) atoms. The fourth-order valence-electron chi connectivity index (χ4n) is 4.94. The maximum Gasteiger partial charge on any atom is 0.270 e. The zero-order valence-corrected chi connectivity index (χ0v) is 21.9. The van der Waals surface area contributed by atoms with E-state index >= 15 is 0 Å². The number of benzene rings is 2. The Labute approximate surface area is 238 Å². The van der Waals surface area contributed by atoms with Gasteiger partial charge in [0.25, 0.3) is 11.9 Å². The normalized spacial score (nSPS) is 36.4. The summed E-state index contributed by atoms with van der Waals surface area (Å²) in [7, 11) is 0. The lowest BCUT2D eigenvalue weighted by atomic mass is 9.98. The van der Waals surface area contributed by atoms with Gasteiger partial charge in [-0.05, 0) is 24.3 Å². The molecule has 0 spiro atoms. The Morgan fingerprint density at radius 3 is 1.79 bits per heavy atom. The summed E-state index contributed by atoms with van der Waals surface area (Å²) in [6.45, 7) is -1.33. The van der Waals surface area contributed by atoms with Crippen LogP contribution in [0.5, 0.6) is 23.0 Å². The minimum absolute atomic E-state index is 0.0248. The van der Waals surface area contributed by atoms with E-state index in [1.807, 2.05) is 0 Å². The van der Waals surface area contributed by atoms with Crippen LogP contribution < -0.4 is 4.74 Å². The molecule has 0 bridgehead atoms. The molecule has 15 heteroatoms. The number of hydrogen-bond acceptors (Lipinski definition) is 14. The molecular weight excluding hydrogens is 564 g/mol. The van der Waals surface area contributed by atoms with E-state index in [0.717, 1.165) is 0 Å². The molecule has 3 heterocycles. The minimum atomic E-state index is -1.71. The first-order valence-electron chi connectivity index (χ1n) is 13.0. The third kappa shape index (κ3) is 5.71. The molecule has 11 unspecified atom stereocenters. The minimum Gasteiger partial charge on any atom is -0.571 e. The van der Waals surface area contributed by atoms with Crippen molar-refractivity contribution < 1.29 is 74.7 Å². The van der Waals surface area contributed by atoms with E-state index in [-0.39, 0.29) is 34.3 Å². The van der Waals surface area contributed by atoms with Crippen LogP contribution in [0.25, 0.3) is 6.08 Å². The topological polar surface area (TPSA) is 252 Å². The summed E-state index contributed by atoms with van der Waals surface area (Å²) in [6, 6.07) is 8.47. The molecule has 3 aliphatic heterocycles. The number of aliphatic hydroxyl groups is 9. The molecule has 2 aromatic rings. The molecule has 0 amide bonds. The summed E-state index contributed by atoms with van der Waals surface area (Å²) < 4.78 is 27.0. The highest BCUT2D eigenvalue weighted by Gasteiger charge is 2.47. The maximum atomic E-state index is 10.9. The van der Waals surface area contributed by atoms with Crippen molar-refractivity contribution >= 4 is 6.08 Å². The number of hydrogen-bond donors (Lipinski definition) is 10. The van der Waals surface area contributed by atoms with Gasteiger partial charge in [-0.15, -0.1) is 0 Å². The summed E-state index contributed by atoms with van der Waals surface area (Å²) in [6.07, 6.45) is -15.0. The summed E-state index contributed by atoms with van der Waals surface area (Å²) in [5.41, 5.74) is 0.639. The molecule has 5 rings (SSSR count). The lowest BCUT2D eigenvalue weighted by Gasteiger charge is -2.40. The van der Waals surface area contributed by atoms with E-state index in [0.29, 0.717) is 5.56 Å². The first-order valence-corrected chi connectivity index (χ1v) is 13.0. The van der Waals surface area contributed by atoms with Gasteiger partial charge in [-0.25, -0.2) is 0 Å². The van der Waals surface area contributed by atoms with Crippen LogP contribution in [0.1, 0.15) is 17.2 Å². The van der Waals surface area contributed by atoms with Crippen molar-refractivity contribution in [1.82, 2.24) is 0 Å². The van der Waals surface area contributed by atoms with Crippen molar-refractivity contribution in [2.75, 3.05) is 13.2 Å². The Hall–Kier alpha value is -3.22. The van der Waals surface area contributed by atoms with Gasteiger partial charge >= 0.3 is 0 Å². The number of aliphatic hydroxyl groups excluding tert-OH is 8. The van der Waals surface area contributed by atoms with Crippen LogP contribution >= 0.6 is 0 Å². The van der Waals surface area contributed by atoms with Crippen LogP contribution in [0.15, 0.2) is 42.2 Å². The Morgan fingerprint density at radius 2 is 1.24 bits per heavy atom. The zero-order chi connectivity index (χ0) is 30.3. The number of phenols is 2. The van der Waals surface area contributed by atoms with Crippen LogP contribution in [0.3, 0.4) is 0 Å². The molecule has 0 radical (unpaired) electrons. The molecule has 11 atom stereocenters. The highest BCUT2D eigenvalue weighted by Crippen LogP contribution is 2.46. The first-order chi connectivity index (χ1) is 20.0. The number of rotatable bonds is 7. The fraction of sp³-hybridized carbons (Fsp3) is 0.481. The van der Waals surface area contributed by atoms with E-state index < -0.39 is 80.7 Å². The summed E-state index contributed by atoms with van der Waals surface area (Å²) in [5.74, 6) is -0.224. The van der Waals surface area contributed by atoms with E-state index in [4.69, 9.17) is 18.9 Å². The lowest BCUT2D eigenvalue weighted by molar-refractivity contribution is -0.295. The predicted octanol–water partition coefficient (Wildman–Crippen LogP) is -2.57. The lowest BCUT2D eigenvalue weighted by Crippen LogP contribution is -2.60. The average Bonchev–Trinajstić information content (AvgIpc) is 2.98. The van der Waals surface area contributed by atoms with Crippen molar-refractivity contribution in [3.8, 4) is 23.0 Å². The third-order valence-electron chi connectivity index (χ3n) is 7.34. The molecule has 0 aliphatic carbocycles. The van der Waals surface area contributed by atoms with Gasteiger partial charge in [0.1, 0.15) is 71.6 Å². The molecule has 11 N–H and O–H groups in total. The average molecular weight is 598 g/mol. The first kappa shape index (κ1) is 30.2. The van der Waals surface area contributed by atoms with E-state index in [1.54, 1.807) is 12.1 Å². The van der Waals surface area contributed by atoms with Gasteiger partial charge in [-0.1, -0.05) is 0 Å². The van der Waals surface area contributed by atoms with Gasteiger partial charge in [0.2, 0.25) is 12.6 Å². The van der Waals surface area contributed by atoms with E-state index in [2.05, 4.69) is 4.74 Å². The molecule has 0 saturated carbocycles.